The summed E-state index contributed by atoms with van der Waals surface area (Å²) >= 11 is 7.18. The van der Waals surface area contributed by atoms with E-state index in [0.717, 1.165) is 11.3 Å². The Hall–Kier alpha value is -2.19. The Labute approximate surface area is 147 Å². The van der Waals surface area contributed by atoms with Crippen LogP contribution in [-0.2, 0) is 4.79 Å². The zero-order chi connectivity index (χ0) is 16.7. The number of aromatic nitrogens is 5. The van der Waals surface area contributed by atoms with Gasteiger partial charge in [-0.05, 0) is 19.8 Å². The second-order valence-corrected chi connectivity index (χ2v) is 7.31. The Balaban J connectivity index is 1.45. The molecule has 24 heavy (non-hydrogen) atoms. The largest absolute Gasteiger partial charge is 0.311 e. The van der Waals surface area contributed by atoms with Gasteiger partial charge in [-0.3, -0.25) is 9.89 Å². The van der Waals surface area contributed by atoms with Crippen molar-refractivity contribution in [1.29, 1.82) is 0 Å². The van der Waals surface area contributed by atoms with E-state index >= 15 is 0 Å². The fraction of sp³-hybridized carbons (Fsp3) is 0.333. The van der Waals surface area contributed by atoms with E-state index in [0.29, 0.717) is 22.0 Å². The Morgan fingerprint density at radius 2 is 2.38 bits per heavy atom. The minimum absolute atomic E-state index is 0.114. The lowest BCUT2D eigenvalue weighted by molar-refractivity contribution is -0.117. The molecule has 1 atom stereocenters. The second-order valence-electron chi connectivity index (χ2n) is 5.87. The number of carbonyl (C=O) groups excluding carboxylic acids is 1. The molecule has 7 nitrogen and oxygen atoms in total. The van der Waals surface area contributed by atoms with E-state index in [9.17, 15) is 4.79 Å². The van der Waals surface area contributed by atoms with E-state index in [-0.39, 0.29) is 11.8 Å². The third-order valence-corrected chi connectivity index (χ3v) is 5.01. The molecule has 0 aromatic carbocycles. The second kappa shape index (κ2) is 6.03. The lowest BCUT2D eigenvalue weighted by Gasteiger charge is -2.08. The van der Waals surface area contributed by atoms with Crippen LogP contribution in [0.3, 0.4) is 0 Å². The monoisotopic (exact) mass is 362 g/mol. The van der Waals surface area contributed by atoms with Crippen molar-refractivity contribution in [2.75, 3.05) is 5.32 Å². The average molecular weight is 363 g/mol. The summed E-state index contributed by atoms with van der Waals surface area (Å²) in [6.07, 6.45) is 5.81. The quantitative estimate of drug-likeness (QED) is 0.728. The molecule has 1 saturated carbocycles. The van der Waals surface area contributed by atoms with Crippen LogP contribution in [0.5, 0.6) is 0 Å². The number of nitrogens with zero attached hydrogens (tertiary/aromatic N) is 4. The van der Waals surface area contributed by atoms with Crippen molar-refractivity contribution in [1.82, 2.24) is 25.0 Å². The minimum atomic E-state index is -0.347. The standard InChI is InChI=1S/C15H15ClN6OS/c1-8(10-5-17-22(6-10)13-7-24-15(16)19-13)14(23)18-12-4-11(20-21-12)9-2-3-9/h4-9H,2-3H2,1H3,(H2,18,20,21,23). The van der Waals surface area contributed by atoms with E-state index in [2.05, 4.69) is 25.6 Å². The van der Waals surface area contributed by atoms with Gasteiger partial charge >= 0.3 is 0 Å². The van der Waals surface area contributed by atoms with E-state index in [1.807, 2.05) is 18.4 Å². The number of aromatic amines is 1. The summed E-state index contributed by atoms with van der Waals surface area (Å²) in [5.74, 6) is 1.36. The molecular weight excluding hydrogens is 348 g/mol. The Morgan fingerprint density at radius 1 is 1.54 bits per heavy atom. The molecule has 1 unspecified atom stereocenters. The molecule has 4 rings (SSSR count). The normalized spacial score (nSPS) is 15.4. The molecule has 2 N–H and O–H groups in total. The molecular formula is C15H15ClN6OS. The molecule has 0 radical (unpaired) electrons. The lowest BCUT2D eigenvalue weighted by atomic mass is 10.0. The molecule has 124 valence electrons. The highest BCUT2D eigenvalue weighted by Gasteiger charge is 2.26. The van der Waals surface area contributed by atoms with Crippen molar-refractivity contribution in [3.05, 3.63) is 39.6 Å². The molecule has 9 heteroatoms. The fourth-order valence-electron chi connectivity index (χ4n) is 2.42. The number of amides is 1. The van der Waals surface area contributed by atoms with Gasteiger partial charge in [0.15, 0.2) is 10.3 Å². The first-order valence-corrected chi connectivity index (χ1v) is 8.88. The average Bonchev–Trinajstić information content (AvgIpc) is 2.98. The van der Waals surface area contributed by atoms with Crippen LogP contribution in [0.4, 0.5) is 5.82 Å². The zero-order valence-electron chi connectivity index (χ0n) is 12.9. The maximum Gasteiger partial charge on any atom is 0.232 e. The fourth-order valence-corrected chi connectivity index (χ4v) is 3.15. The summed E-state index contributed by atoms with van der Waals surface area (Å²) < 4.78 is 2.07. The zero-order valence-corrected chi connectivity index (χ0v) is 14.4. The van der Waals surface area contributed by atoms with Crippen molar-refractivity contribution in [2.24, 2.45) is 0 Å². The molecule has 1 aliphatic rings. The van der Waals surface area contributed by atoms with Crippen LogP contribution >= 0.6 is 22.9 Å². The van der Waals surface area contributed by atoms with Gasteiger partial charge < -0.3 is 5.32 Å². The highest BCUT2D eigenvalue weighted by Crippen LogP contribution is 2.39. The van der Waals surface area contributed by atoms with Gasteiger partial charge in [0.25, 0.3) is 0 Å². The number of rotatable bonds is 5. The van der Waals surface area contributed by atoms with Gasteiger partial charge in [-0.2, -0.15) is 10.2 Å². The van der Waals surface area contributed by atoms with E-state index in [1.165, 1.54) is 24.2 Å². The van der Waals surface area contributed by atoms with Gasteiger partial charge in [0.2, 0.25) is 5.91 Å². The summed E-state index contributed by atoms with van der Waals surface area (Å²) in [7, 11) is 0. The van der Waals surface area contributed by atoms with Gasteiger partial charge in [-0.15, -0.1) is 11.3 Å². The van der Waals surface area contributed by atoms with Crippen LogP contribution in [0.25, 0.3) is 5.82 Å². The van der Waals surface area contributed by atoms with Crippen LogP contribution in [0.2, 0.25) is 4.47 Å². The highest BCUT2D eigenvalue weighted by atomic mass is 35.5. The molecule has 0 aliphatic heterocycles. The molecule has 1 fully saturated rings. The van der Waals surface area contributed by atoms with Gasteiger partial charge in [-0.25, -0.2) is 9.67 Å². The van der Waals surface area contributed by atoms with Crippen molar-refractivity contribution < 1.29 is 4.79 Å². The van der Waals surface area contributed by atoms with Gasteiger partial charge in [0, 0.05) is 29.1 Å². The molecule has 0 spiro atoms. The summed E-state index contributed by atoms with van der Waals surface area (Å²) in [6, 6.07) is 1.91. The SMILES string of the molecule is CC(C(=O)Nc1cc(C2CC2)n[nH]1)c1cnn(-c2csc(Cl)n2)c1. The molecule has 0 bridgehead atoms. The maximum atomic E-state index is 12.4. The Morgan fingerprint density at radius 3 is 3.08 bits per heavy atom. The summed E-state index contributed by atoms with van der Waals surface area (Å²) in [5, 5.41) is 16.0. The number of nitrogens with one attached hydrogen (secondary N) is 2. The van der Waals surface area contributed by atoms with Crippen molar-refractivity contribution >= 4 is 34.7 Å². The summed E-state index contributed by atoms with van der Waals surface area (Å²) in [4.78, 5) is 16.6. The van der Waals surface area contributed by atoms with Crippen molar-refractivity contribution in [3.8, 4) is 5.82 Å². The van der Waals surface area contributed by atoms with E-state index < -0.39 is 0 Å². The molecule has 0 saturated heterocycles. The first kappa shape index (κ1) is 15.3. The summed E-state index contributed by atoms with van der Waals surface area (Å²) in [5.41, 5.74) is 1.82. The van der Waals surface area contributed by atoms with Crippen LogP contribution < -0.4 is 5.32 Å². The maximum absolute atomic E-state index is 12.4. The van der Waals surface area contributed by atoms with Gasteiger partial charge in [-0.1, -0.05) is 11.6 Å². The van der Waals surface area contributed by atoms with Gasteiger partial charge in [0.1, 0.15) is 5.82 Å². The van der Waals surface area contributed by atoms with Crippen LogP contribution in [-0.4, -0.2) is 30.9 Å². The van der Waals surface area contributed by atoms with Crippen LogP contribution in [0, 0.1) is 0 Å². The predicted molar refractivity (Wildman–Crippen MR) is 91.9 cm³/mol. The number of hydrogen-bond acceptors (Lipinski definition) is 5. The molecule has 3 aromatic rings. The molecule has 1 aliphatic carbocycles. The first-order chi connectivity index (χ1) is 11.6. The molecule has 1 amide bonds. The number of halogens is 1. The van der Waals surface area contributed by atoms with E-state index in [4.69, 9.17) is 11.6 Å². The number of hydrogen-bond donors (Lipinski definition) is 2. The number of anilines is 1. The third-order valence-electron chi connectivity index (χ3n) is 4.05. The highest BCUT2D eigenvalue weighted by molar-refractivity contribution is 7.14. The van der Waals surface area contributed by atoms with Crippen LogP contribution in [0.1, 0.15) is 42.9 Å². The van der Waals surface area contributed by atoms with Crippen LogP contribution in [0.15, 0.2) is 23.8 Å². The van der Waals surface area contributed by atoms with Crippen molar-refractivity contribution in [2.45, 2.75) is 31.6 Å². The molecule has 3 heterocycles. The van der Waals surface area contributed by atoms with Gasteiger partial charge in [0.05, 0.1) is 17.8 Å². The topological polar surface area (TPSA) is 88.5 Å². The number of carbonyl (C=O) groups is 1. The van der Waals surface area contributed by atoms with Crippen molar-refractivity contribution in [3.63, 3.8) is 0 Å². The Bertz CT molecular complexity index is 880. The van der Waals surface area contributed by atoms with E-state index in [1.54, 1.807) is 17.1 Å². The number of thiazole rings is 1. The minimum Gasteiger partial charge on any atom is -0.311 e. The third kappa shape index (κ3) is 3.07. The lowest BCUT2D eigenvalue weighted by Crippen LogP contribution is -2.18. The summed E-state index contributed by atoms with van der Waals surface area (Å²) in [6.45, 7) is 1.84. The Kier molecular flexibility index (Phi) is 3.85. The molecule has 3 aromatic heterocycles. The smallest absolute Gasteiger partial charge is 0.232 e. The first-order valence-electron chi connectivity index (χ1n) is 7.62. The predicted octanol–water partition coefficient (Wildman–Crippen LogP) is 3.32. The number of H-pyrrole nitrogens is 1.